The number of nitrogens with zero attached hydrogens (tertiary/aromatic N) is 6. The summed E-state index contributed by atoms with van der Waals surface area (Å²) in [6.45, 7) is 1.30. The van der Waals surface area contributed by atoms with E-state index in [1.54, 1.807) is 30.3 Å². The molecule has 4 aromatic carbocycles. The first kappa shape index (κ1) is 112. The van der Waals surface area contributed by atoms with Crippen LogP contribution in [0.3, 0.4) is 0 Å². The molecule has 0 spiro atoms. The number of aliphatic imine (C=N–C) groups is 5. The van der Waals surface area contributed by atoms with Gasteiger partial charge in [-0.2, -0.15) is 0 Å². The molecule has 2 aliphatic heterocycles. The molecule has 6 rings (SSSR count). The number of aliphatic carboxylic acids is 1. The van der Waals surface area contributed by atoms with E-state index in [1.807, 2.05) is 12.1 Å². The van der Waals surface area contributed by atoms with Crippen LogP contribution in [0.1, 0.15) is 139 Å². The van der Waals surface area contributed by atoms with Crippen LogP contribution in [0, 0.1) is 0 Å². The van der Waals surface area contributed by atoms with Gasteiger partial charge in [0, 0.05) is 70.0 Å². The number of phenolic OH excluding ortho intramolecular Hbond substituents is 2. The highest BCUT2D eigenvalue weighted by atomic mass is 33.1. The number of phenols is 2. The van der Waals surface area contributed by atoms with Crippen molar-refractivity contribution < 1.29 is 82.4 Å². The first-order valence-corrected chi connectivity index (χ1v) is 47.7. The van der Waals surface area contributed by atoms with Gasteiger partial charge in [0.15, 0.2) is 29.8 Å². The average Bonchev–Trinajstić information content (AvgIpc) is 1.64. The van der Waals surface area contributed by atoms with E-state index in [9.17, 15) is 39.3 Å². The lowest BCUT2D eigenvalue weighted by molar-refractivity contribution is -0.142. The summed E-state index contributed by atoms with van der Waals surface area (Å²) in [5.74, 6) is -17.0. The van der Waals surface area contributed by atoms with E-state index in [0.717, 1.165) is 27.0 Å². The molecule has 13 amide bonds. The van der Waals surface area contributed by atoms with E-state index in [4.69, 9.17) is 74.5 Å². The molecule has 4 aromatic rings. The average molecular weight is 1950 g/mol. The molecule has 0 unspecified atom stereocenters. The number of guanidine groups is 5. The van der Waals surface area contributed by atoms with E-state index in [2.05, 4.69) is 88.8 Å². The van der Waals surface area contributed by atoms with E-state index in [0.29, 0.717) is 34.9 Å². The van der Waals surface area contributed by atoms with Crippen LogP contribution in [-0.2, 0) is 86.4 Å². The summed E-state index contributed by atoms with van der Waals surface area (Å²) in [6, 6.07) is 1.51. The van der Waals surface area contributed by atoms with Crippen molar-refractivity contribution in [2.45, 2.75) is 226 Å². The fraction of sp³-hybridized carbons (Fsp3) is 0.529. The summed E-state index contributed by atoms with van der Waals surface area (Å²) in [6.07, 6.45) is -0.303. The summed E-state index contributed by atoms with van der Waals surface area (Å²) in [7, 11) is 1.55. The Morgan fingerprint density at radius 1 is 0.438 bits per heavy atom. The number of nitrogens with one attached hydrogen (secondary N) is 12. The second-order valence-corrected chi connectivity index (χ2v) is 35.6. The standard InChI is InChI=1S/C87H135N31O17S2/c1-48-69(121)116-66(78(130)112-62(82(134)135)22-12-40-105-87(99)100)46-136-137-47-67(117-77(129)65(45-51-24-29-52-14-2-3-15-53(52)42-51)113-74(126)59(20-10-38-103-85(95)96)107-70(122)56(90)16-8-36-101-83(91)92)79(131)114-63(43-49-25-30-54(119)31-26-49)75(127)110-60(21-11-39-104-86(97)98)72(124)108-57(17-4-6-34-88)73(125)111-61(18-5-7-35-89)81(133)118-41-13-23-68(118)80(132)115-64(44-50-27-32-55(120)33-28-50)76(128)109-58(71(123)106-48)19-9-37-102-84(93)94/h2-3,14-15,24-33,42,48,56-68,119-120H,4-13,16-23,34-41,43-47,88-90H2,1H3,(H,106,123)(H,107,122)(H,108,124)(H,109,128)(H,110,127)(H,111,125)(H,112,130)(H,113,126)(H,114,131)(H,115,132)(H,116,121)(H,117,129)(H,134,135)(H4,91,92,101)(H4,93,94,102)(H4,95,96,103)(H4,97,98,104)(H4,99,100,105)/t48-,56-,57-,58-,59-,60-,61+,62-,63-,64-,65-,66-,67-,68-/m0/s1. The molecular weight excluding hydrogens is 1820 g/mol. The molecule has 2 fully saturated rings. The predicted octanol–water partition coefficient (Wildman–Crippen LogP) is -6.56. The number of carbonyl (C=O) groups is 14. The van der Waals surface area contributed by atoms with E-state index >= 15 is 43.2 Å². The molecule has 2 aliphatic rings. The summed E-state index contributed by atoms with van der Waals surface area (Å²) in [5, 5.41) is 65.2. The summed E-state index contributed by atoms with van der Waals surface area (Å²) in [4.78, 5) is 231. The van der Waals surface area contributed by atoms with Crippen molar-refractivity contribution in [1.29, 1.82) is 0 Å². The Morgan fingerprint density at radius 2 is 0.861 bits per heavy atom. The van der Waals surface area contributed by atoms with E-state index in [1.165, 1.54) is 60.4 Å². The SMILES string of the molecule is C[C@@H]1NC(=O)[C@H](CCCN=C(N)N)NC(=O)[C@H](Cc2ccc(O)cc2)NC(=O)[C@@H]2CCCN2C(=O)[C@@H](CCCCN)NC(=O)[C@H](CCCCN)NC(=O)[C@H](CCCN=C(N)N)NC(=O)[C@H](Cc2ccc(O)cc2)NC(=O)[C@@H](NC(=O)[C@H](Cc2ccc3ccccc3c2)NC(=O)[C@H](CCCN=C(N)N)NC(=O)[C@@H](N)CCCN=C(N)N)CSSC[C@@H](C(=O)N[C@@H](CCCN=C(N)N)C(=O)O)NC1=O. The summed E-state index contributed by atoms with van der Waals surface area (Å²) in [5.41, 5.74) is 75.8. The largest absolute Gasteiger partial charge is 0.508 e. The number of unbranched alkanes of at least 4 members (excludes halogenated alkanes) is 2. The summed E-state index contributed by atoms with van der Waals surface area (Å²) >= 11 is 0. The lowest BCUT2D eigenvalue weighted by Gasteiger charge is -2.31. The van der Waals surface area contributed by atoms with Crippen molar-refractivity contribution in [3.05, 3.63) is 108 Å². The van der Waals surface area contributed by atoms with Gasteiger partial charge in [-0.3, -0.25) is 87.3 Å². The van der Waals surface area contributed by atoms with Gasteiger partial charge in [0.2, 0.25) is 76.8 Å². The van der Waals surface area contributed by atoms with Gasteiger partial charge >= 0.3 is 5.97 Å². The lowest BCUT2D eigenvalue weighted by atomic mass is 10.00. The number of hydrogen-bond donors (Lipinski definition) is 28. The van der Waals surface area contributed by atoms with Crippen LogP contribution in [0.25, 0.3) is 10.8 Å². The molecule has 0 bridgehead atoms. The fourth-order valence-electron chi connectivity index (χ4n) is 14.7. The number of nitrogens with two attached hydrogens (primary N) is 13. The van der Waals surface area contributed by atoms with Gasteiger partial charge in [0.1, 0.15) is 90.0 Å². The fourth-order valence-corrected chi connectivity index (χ4v) is 17.0. The van der Waals surface area contributed by atoms with E-state index in [-0.39, 0.29) is 209 Å². The zero-order valence-electron chi connectivity index (χ0n) is 76.7. The first-order chi connectivity index (χ1) is 65.3. The third-order valence-electron chi connectivity index (χ3n) is 22.1. The number of benzene rings is 4. The number of rotatable bonds is 43. The molecular formula is C87H135N31O17S2. The van der Waals surface area contributed by atoms with Crippen LogP contribution in [0.15, 0.2) is 116 Å². The van der Waals surface area contributed by atoms with Crippen molar-refractivity contribution in [3.8, 4) is 11.5 Å². The second-order valence-electron chi connectivity index (χ2n) is 33.0. The Balaban J connectivity index is 1.57. The second kappa shape index (κ2) is 59.2. The van der Waals surface area contributed by atoms with Gasteiger partial charge in [0.25, 0.3) is 0 Å². The van der Waals surface area contributed by atoms with Crippen LogP contribution < -0.4 is 138 Å². The minimum Gasteiger partial charge on any atom is -0.508 e. The van der Waals surface area contributed by atoms with E-state index < -0.39 is 185 Å². The molecule has 0 radical (unpaired) electrons. The zero-order valence-corrected chi connectivity index (χ0v) is 78.4. The molecule has 48 nitrogen and oxygen atoms in total. The Hall–Kier alpha value is -13.8. The van der Waals surface area contributed by atoms with Crippen LogP contribution >= 0.6 is 21.6 Å². The van der Waals surface area contributed by atoms with Crippen molar-refractivity contribution in [3.63, 3.8) is 0 Å². The lowest BCUT2D eigenvalue weighted by Crippen LogP contribution is -2.61. The monoisotopic (exact) mass is 1950 g/mol. The van der Waals surface area contributed by atoms with Crippen molar-refractivity contribution >= 4 is 145 Å². The molecule has 2 saturated heterocycles. The molecule has 2 heterocycles. The maximum Gasteiger partial charge on any atom is 0.326 e. The summed E-state index contributed by atoms with van der Waals surface area (Å²) < 4.78 is 0. The predicted molar refractivity (Wildman–Crippen MR) is 521 cm³/mol. The Morgan fingerprint density at radius 3 is 1.36 bits per heavy atom. The Labute approximate surface area is 800 Å². The van der Waals surface area contributed by atoms with Crippen LogP contribution in [0.4, 0.5) is 0 Å². The molecule has 0 aliphatic carbocycles. The van der Waals surface area contributed by atoms with Crippen LogP contribution in [0.5, 0.6) is 11.5 Å². The zero-order chi connectivity index (χ0) is 101. The van der Waals surface area contributed by atoms with Gasteiger partial charge < -0.3 is 159 Å². The highest BCUT2D eigenvalue weighted by Crippen LogP contribution is 2.27. The molecule has 0 saturated carbocycles. The van der Waals surface area contributed by atoms with Gasteiger partial charge in [-0.15, -0.1) is 0 Å². The minimum atomic E-state index is -1.85. The topological polar surface area (TPSA) is 847 Å². The van der Waals surface area contributed by atoms with Crippen LogP contribution in [-0.4, -0.2) is 281 Å². The smallest absolute Gasteiger partial charge is 0.326 e. The molecule has 50 heteroatoms. The molecule has 137 heavy (non-hydrogen) atoms. The number of hydrogen-bond acceptors (Lipinski definition) is 26. The Kier molecular flexibility index (Phi) is 48.4. The first-order valence-electron chi connectivity index (χ1n) is 45.2. The van der Waals surface area contributed by atoms with Gasteiger partial charge in [-0.1, -0.05) is 88.3 Å². The number of aromatic hydroxyl groups is 2. The number of carboxylic acid groups (broad SMARTS) is 1. The maximum atomic E-state index is 15.9. The number of fused-ring (bicyclic) bond motifs is 2. The van der Waals surface area contributed by atoms with Crippen molar-refractivity contribution in [2.75, 3.05) is 63.9 Å². The number of carboxylic acids is 1. The number of carbonyl (C=O) groups excluding carboxylic acids is 13. The Bertz CT molecular complexity index is 4840. The van der Waals surface area contributed by atoms with Crippen molar-refractivity contribution in [2.24, 2.45) is 99.5 Å². The van der Waals surface area contributed by atoms with Crippen LogP contribution in [0.2, 0.25) is 0 Å². The van der Waals surface area contributed by atoms with Crippen molar-refractivity contribution in [1.82, 2.24) is 68.7 Å². The molecule has 0 aromatic heterocycles. The normalized spacial score (nSPS) is 20.6. The third kappa shape index (κ3) is 40.8. The van der Waals surface area contributed by atoms with Gasteiger partial charge in [0.05, 0.1) is 6.04 Å². The highest BCUT2D eigenvalue weighted by Gasteiger charge is 2.42. The molecule has 752 valence electrons. The molecule has 41 N–H and O–H groups in total. The third-order valence-corrected chi connectivity index (χ3v) is 24.5. The quantitative estimate of drug-likeness (QED) is 0.00848. The van der Waals surface area contributed by atoms with Gasteiger partial charge in [-0.25, -0.2) is 4.79 Å². The number of amides is 13. The maximum absolute atomic E-state index is 15.9. The van der Waals surface area contributed by atoms with Gasteiger partial charge in [-0.05, 0) is 187 Å². The highest BCUT2D eigenvalue weighted by molar-refractivity contribution is 8.76. The minimum absolute atomic E-state index is 0.00193. The molecule has 14 atom stereocenters.